The highest BCUT2D eigenvalue weighted by Crippen LogP contribution is 2.18. The first kappa shape index (κ1) is 23.0. The predicted octanol–water partition coefficient (Wildman–Crippen LogP) is 2.89. The van der Waals surface area contributed by atoms with Gasteiger partial charge in [-0.1, -0.05) is 12.1 Å². The van der Waals surface area contributed by atoms with Gasteiger partial charge in [0.05, 0.1) is 13.7 Å². The molecule has 7 nitrogen and oxygen atoms in total. The van der Waals surface area contributed by atoms with Crippen LogP contribution in [-0.2, 0) is 16.1 Å². The van der Waals surface area contributed by atoms with E-state index in [0.29, 0.717) is 25.6 Å². The second-order valence-electron chi connectivity index (χ2n) is 8.70. The van der Waals surface area contributed by atoms with Crippen molar-refractivity contribution in [1.82, 2.24) is 15.1 Å². The fourth-order valence-corrected chi connectivity index (χ4v) is 3.34. The Bertz CT molecular complexity index is 679. The third kappa shape index (κ3) is 8.31. The lowest BCUT2D eigenvalue weighted by molar-refractivity contribution is -0.132. The standard InChI is InChI=1S/C22H35N3O4/c1-22(2,3)29-21(27)23-14-17-9-11-25(12-10-17)16-20(26)24(4)15-18-7-6-8-19(13-18)28-5/h6-8,13,17H,9-12,14-16H2,1-5H3,(H,23,27). The second-order valence-corrected chi connectivity index (χ2v) is 8.70. The number of likely N-dealkylation sites (tertiary alicyclic amines) is 1. The molecule has 1 aliphatic rings. The molecule has 1 fully saturated rings. The van der Waals surface area contributed by atoms with Crippen molar-refractivity contribution in [2.24, 2.45) is 5.92 Å². The van der Waals surface area contributed by atoms with Crippen LogP contribution in [0.2, 0.25) is 0 Å². The molecule has 0 aliphatic carbocycles. The molecule has 2 amide bonds. The first-order valence-electron chi connectivity index (χ1n) is 10.2. The number of ether oxygens (including phenoxy) is 2. The highest BCUT2D eigenvalue weighted by Gasteiger charge is 2.23. The number of nitrogens with zero attached hydrogens (tertiary/aromatic N) is 2. The van der Waals surface area contributed by atoms with E-state index in [2.05, 4.69) is 10.2 Å². The Balaban J connectivity index is 1.70. The predicted molar refractivity (Wildman–Crippen MR) is 113 cm³/mol. The van der Waals surface area contributed by atoms with Gasteiger partial charge in [0.1, 0.15) is 11.4 Å². The zero-order valence-corrected chi connectivity index (χ0v) is 18.4. The molecule has 0 unspecified atom stereocenters. The van der Waals surface area contributed by atoms with Gasteiger partial charge in [-0.15, -0.1) is 0 Å². The Labute approximate surface area is 174 Å². The SMILES string of the molecule is COc1cccc(CN(C)C(=O)CN2CCC(CNC(=O)OC(C)(C)C)CC2)c1. The van der Waals surface area contributed by atoms with Gasteiger partial charge < -0.3 is 19.7 Å². The summed E-state index contributed by atoms with van der Waals surface area (Å²) in [4.78, 5) is 28.3. The topological polar surface area (TPSA) is 71.1 Å². The number of alkyl carbamates (subject to hydrolysis) is 1. The lowest BCUT2D eigenvalue weighted by atomic mass is 9.97. The summed E-state index contributed by atoms with van der Waals surface area (Å²) in [6, 6.07) is 7.78. The number of nitrogens with one attached hydrogen (secondary N) is 1. The molecule has 0 spiro atoms. The van der Waals surface area contributed by atoms with Gasteiger partial charge in [-0.2, -0.15) is 0 Å². The maximum absolute atomic E-state index is 12.6. The first-order valence-corrected chi connectivity index (χ1v) is 10.2. The number of methoxy groups -OCH3 is 1. The van der Waals surface area contributed by atoms with Gasteiger partial charge in [0, 0.05) is 20.1 Å². The van der Waals surface area contributed by atoms with Crippen LogP contribution in [0.4, 0.5) is 4.79 Å². The molecule has 0 bridgehead atoms. The summed E-state index contributed by atoms with van der Waals surface area (Å²) in [5.41, 5.74) is 0.567. The molecule has 0 aromatic heterocycles. The largest absolute Gasteiger partial charge is 0.497 e. The minimum atomic E-state index is -0.481. The summed E-state index contributed by atoms with van der Waals surface area (Å²) < 4.78 is 10.5. The van der Waals surface area contributed by atoms with Crippen LogP contribution < -0.4 is 10.1 Å². The van der Waals surface area contributed by atoms with Crippen LogP contribution >= 0.6 is 0 Å². The summed E-state index contributed by atoms with van der Waals surface area (Å²) >= 11 is 0. The van der Waals surface area contributed by atoms with Crippen molar-refractivity contribution in [3.8, 4) is 5.75 Å². The van der Waals surface area contributed by atoms with E-state index in [1.807, 2.05) is 52.1 Å². The molecule has 0 saturated carbocycles. The van der Waals surface area contributed by atoms with Crippen LogP contribution in [-0.4, -0.2) is 67.7 Å². The molecule has 2 rings (SSSR count). The van der Waals surface area contributed by atoms with E-state index in [1.165, 1.54) is 0 Å². The molecule has 29 heavy (non-hydrogen) atoms. The van der Waals surface area contributed by atoms with Gasteiger partial charge in [-0.25, -0.2) is 4.79 Å². The first-order chi connectivity index (χ1) is 13.7. The average Bonchev–Trinajstić information content (AvgIpc) is 2.66. The third-order valence-corrected chi connectivity index (χ3v) is 4.98. The van der Waals surface area contributed by atoms with Gasteiger partial charge in [-0.3, -0.25) is 9.69 Å². The number of carbonyl (C=O) groups is 2. The highest BCUT2D eigenvalue weighted by atomic mass is 16.6. The summed E-state index contributed by atoms with van der Waals surface area (Å²) in [5, 5.41) is 2.85. The molecule has 162 valence electrons. The van der Waals surface area contributed by atoms with Crippen molar-refractivity contribution in [2.75, 3.05) is 40.3 Å². The van der Waals surface area contributed by atoms with Crippen LogP contribution in [0.15, 0.2) is 24.3 Å². The molecule has 0 atom stereocenters. The Kier molecular flexibility index (Phi) is 8.32. The number of hydrogen-bond donors (Lipinski definition) is 1. The number of amides is 2. The zero-order chi connectivity index (χ0) is 21.4. The molecule has 1 aromatic carbocycles. The van der Waals surface area contributed by atoms with Crippen LogP contribution in [0, 0.1) is 5.92 Å². The molecule has 1 aromatic rings. The summed E-state index contributed by atoms with van der Waals surface area (Å²) in [5.74, 6) is 1.33. The minimum absolute atomic E-state index is 0.109. The summed E-state index contributed by atoms with van der Waals surface area (Å²) in [7, 11) is 3.47. The van der Waals surface area contributed by atoms with Crippen molar-refractivity contribution < 1.29 is 19.1 Å². The van der Waals surface area contributed by atoms with Gasteiger partial charge in [0.15, 0.2) is 0 Å². The van der Waals surface area contributed by atoms with E-state index >= 15 is 0 Å². The van der Waals surface area contributed by atoms with E-state index < -0.39 is 5.60 Å². The van der Waals surface area contributed by atoms with Gasteiger partial charge in [0.25, 0.3) is 0 Å². The maximum atomic E-state index is 12.6. The molecular formula is C22H35N3O4. The average molecular weight is 406 g/mol. The molecule has 1 saturated heterocycles. The molecule has 1 N–H and O–H groups in total. The van der Waals surface area contributed by atoms with Crippen LogP contribution in [0.25, 0.3) is 0 Å². The lowest BCUT2D eigenvalue weighted by Crippen LogP contribution is -2.44. The number of carbonyl (C=O) groups excluding carboxylic acids is 2. The van der Waals surface area contributed by atoms with E-state index in [0.717, 1.165) is 37.2 Å². The van der Waals surface area contributed by atoms with E-state index in [9.17, 15) is 9.59 Å². The molecule has 1 aliphatic heterocycles. The molecule has 0 radical (unpaired) electrons. The van der Waals surface area contributed by atoms with Crippen molar-refractivity contribution in [1.29, 1.82) is 0 Å². The second kappa shape index (κ2) is 10.5. The van der Waals surface area contributed by atoms with Crippen LogP contribution in [0.3, 0.4) is 0 Å². The number of piperidine rings is 1. The molecule has 7 heteroatoms. The smallest absolute Gasteiger partial charge is 0.407 e. The molecule has 1 heterocycles. The molecular weight excluding hydrogens is 370 g/mol. The fraction of sp³-hybridized carbons (Fsp3) is 0.636. The van der Waals surface area contributed by atoms with Crippen LogP contribution in [0.5, 0.6) is 5.75 Å². The maximum Gasteiger partial charge on any atom is 0.407 e. The Morgan fingerprint density at radius 2 is 1.93 bits per heavy atom. The Morgan fingerprint density at radius 1 is 1.24 bits per heavy atom. The van der Waals surface area contributed by atoms with Crippen molar-refractivity contribution in [3.05, 3.63) is 29.8 Å². The normalized spacial score (nSPS) is 15.6. The van der Waals surface area contributed by atoms with E-state index in [-0.39, 0.29) is 12.0 Å². The summed E-state index contributed by atoms with van der Waals surface area (Å²) in [6.45, 7) is 8.89. The zero-order valence-electron chi connectivity index (χ0n) is 18.4. The highest BCUT2D eigenvalue weighted by molar-refractivity contribution is 5.78. The monoisotopic (exact) mass is 405 g/mol. The fourth-order valence-electron chi connectivity index (χ4n) is 3.34. The van der Waals surface area contributed by atoms with Crippen LogP contribution in [0.1, 0.15) is 39.2 Å². The number of hydrogen-bond acceptors (Lipinski definition) is 5. The Morgan fingerprint density at radius 3 is 2.55 bits per heavy atom. The number of likely N-dealkylation sites (N-methyl/N-ethyl adjacent to an activating group) is 1. The van der Waals surface area contributed by atoms with E-state index in [4.69, 9.17) is 9.47 Å². The number of benzene rings is 1. The third-order valence-electron chi connectivity index (χ3n) is 4.98. The Hall–Kier alpha value is -2.28. The van der Waals surface area contributed by atoms with E-state index in [1.54, 1.807) is 12.0 Å². The quantitative estimate of drug-likeness (QED) is 0.755. The van der Waals surface area contributed by atoms with Gasteiger partial charge in [-0.05, 0) is 70.3 Å². The summed E-state index contributed by atoms with van der Waals surface area (Å²) in [6.07, 6.45) is 1.56. The van der Waals surface area contributed by atoms with Gasteiger partial charge in [0.2, 0.25) is 5.91 Å². The van der Waals surface area contributed by atoms with Gasteiger partial charge >= 0.3 is 6.09 Å². The van der Waals surface area contributed by atoms with Crippen molar-refractivity contribution in [3.63, 3.8) is 0 Å². The van der Waals surface area contributed by atoms with Crippen molar-refractivity contribution in [2.45, 2.75) is 45.8 Å². The van der Waals surface area contributed by atoms with Crippen molar-refractivity contribution >= 4 is 12.0 Å². The number of rotatable bonds is 7. The minimum Gasteiger partial charge on any atom is -0.497 e. The lowest BCUT2D eigenvalue weighted by Gasteiger charge is -2.32.